The highest BCUT2D eigenvalue weighted by Crippen LogP contribution is 2.35. The zero-order chi connectivity index (χ0) is 21.6. The maximum absolute atomic E-state index is 12.9. The van der Waals surface area contributed by atoms with Crippen LogP contribution in [0.1, 0.15) is 65.2 Å². The van der Waals surface area contributed by atoms with E-state index in [2.05, 4.69) is 26.3 Å². The molecule has 0 fully saturated rings. The van der Waals surface area contributed by atoms with E-state index in [1.807, 2.05) is 13.8 Å². The number of nitrogens with zero attached hydrogens (tertiary/aromatic N) is 2. The zero-order valence-corrected chi connectivity index (χ0v) is 19.2. The topological polar surface area (TPSA) is 99.5 Å². The minimum Gasteiger partial charge on any atom is -0.462 e. The fourth-order valence-electron chi connectivity index (χ4n) is 2.68. The Morgan fingerprint density at radius 2 is 1.97 bits per heavy atom. The molecule has 0 spiro atoms. The summed E-state index contributed by atoms with van der Waals surface area (Å²) in [6.45, 7) is 7.54. The van der Waals surface area contributed by atoms with Gasteiger partial charge in [-0.05, 0) is 48.2 Å². The Morgan fingerprint density at radius 1 is 1.24 bits per heavy atom. The molecule has 0 aromatic carbocycles. The van der Waals surface area contributed by atoms with Gasteiger partial charge in [0.1, 0.15) is 15.9 Å². The quantitative estimate of drug-likeness (QED) is 0.529. The molecule has 0 saturated heterocycles. The number of hydrogen-bond donors (Lipinski definition) is 1. The number of hydrogen-bond acceptors (Lipinski definition) is 7. The molecule has 1 atom stereocenters. The lowest BCUT2D eigenvalue weighted by atomic mass is 10.1. The fourth-order valence-corrected chi connectivity index (χ4v) is 4.07. The third-order valence-electron chi connectivity index (χ3n) is 4.06. The number of nitrogens with one attached hydrogen (secondary N) is 1. The van der Waals surface area contributed by atoms with Crippen molar-refractivity contribution in [3.63, 3.8) is 0 Å². The smallest absolute Gasteiger partial charge is 0.348 e. The molecule has 0 radical (unpaired) electrons. The van der Waals surface area contributed by atoms with E-state index >= 15 is 0 Å². The molecular formula is C19H24BrN3O5S. The van der Waals surface area contributed by atoms with Gasteiger partial charge in [-0.2, -0.15) is 5.10 Å². The van der Waals surface area contributed by atoms with Crippen molar-refractivity contribution in [2.45, 2.75) is 46.6 Å². The van der Waals surface area contributed by atoms with Gasteiger partial charge < -0.3 is 14.8 Å². The number of halogens is 1. The van der Waals surface area contributed by atoms with Crippen molar-refractivity contribution in [2.24, 2.45) is 0 Å². The molecular weight excluding hydrogens is 462 g/mol. The van der Waals surface area contributed by atoms with Gasteiger partial charge in [0.2, 0.25) is 5.91 Å². The monoisotopic (exact) mass is 485 g/mol. The molecule has 2 aromatic heterocycles. The molecule has 29 heavy (non-hydrogen) atoms. The first-order valence-electron chi connectivity index (χ1n) is 9.32. The highest BCUT2D eigenvalue weighted by Gasteiger charge is 2.29. The minimum absolute atomic E-state index is 0.177. The van der Waals surface area contributed by atoms with E-state index in [1.54, 1.807) is 30.9 Å². The number of carbonyl (C=O) groups is 3. The number of anilines is 1. The van der Waals surface area contributed by atoms with E-state index in [-0.39, 0.29) is 34.6 Å². The molecule has 0 aliphatic carbocycles. The van der Waals surface area contributed by atoms with Gasteiger partial charge in [0.15, 0.2) is 0 Å². The Hall–Kier alpha value is -2.20. The predicted molar refractivity (Wildman–Crippen MR) is 113 cm³/mol. The van der Waals surface area contributed by atoms with Crippen molar-refractivity contribution < 1.29 is 23.9 Å². The number of esters is 2. The predicted octanol–water partition coefficient (Wildman–Crippen LogP) is 4.35. The largest absolute Gasteiger partial charge is 0.462 e. The number of rotatable bonds is 9. The number of ether oxygens (including phenoxy) is 2. The molecule has 1 N–H and O–H groups in total. The minimum atomic E-state index is -0.582. The molecule has 1 amide bonds. The Labute approximate surface area is 181 Å². The van der Waals surface area contributed by atoms with Crippen LogP contribution in [0.2, 0.25) is 0 Å². The van der Waals surface area contributed by atoms with Gasteiger partial charge in [-0.25, -0.2) is 9.59 Å². The maximum Gasteiger partial charge on any atom is 0.348 e. The van der Waals surface area contributed by atoms with Gasteiger partial charge >= 0.3 is 11.9 Å². The summed E-state index contributed by atoms with van der Waals surface area (Å²) in [6.07, 6.45) is 4.45. The average Bonchev–Trinajstić information content (AvgIpc) is 3.24. The highest BCUT2D eigenvalue weighted by molar-refractivity contribution is 9.10. The van der Waals surface area contributed by atoms with Gasteiger partial charge in [0, 0.05) is 6.20 Å². The Bertz CT molecular complexity index is 893. The summed E-state index contributed by atoms with van der Waals surface area (Å²) >= 11 is 4.32. The summed E-state index contributed by atoms with van der Waals surface area (Å²) in [5, 5.41) is 7.21. The first kappa shape index (κ1) is 23.1. The second kappa shape index (κ2) is 10.5. The third-order valence-corrected chi connectivity index (χ3v) is 5.66. The van der Waals surface area contributed by atoms with Crippen molar-refractivity contribution >= 4 is 50.1 Å². The molecule has 0 saturated carbocycles. The van der Waals surface area contributed by atoms with Crippen LogP contribution in [-0.4, -0.2) is 40.8 Å². The molecule has 10 heteroatoms. The summed E-state index contributed by atoms with van der Waals surface area (Å²) in [5.74, 6) is -1.46. The maximum atomic E-state index is 12.9. The van der Waals surface area contributed by atoms with E-state index < -0.39 is 18.0 Å². The highest BCUT2D eigenvalue weighted by atomic mass is 79.9. The summed E-state index contributed by atoms with van der Waals surface area (Å²) in [5.41, 5.74) is 0.607. The van der Waals surface area contributed by atoms with Crippen LogP contribution in [0.15, 0.2) is 16.9 Å². The number of thiophene rings is 1. The lowest BCUT2D eigenvalue weighted by Gasteiger charge is -2.15. The standard InChI is InChI=1S/C19H24BrN3O5S/c1-5-8-28-18(25)14-11(4)15(19(26)27-7-3)29-17(14)22-16(24)13(6-2)23-10-12(20)9-21-23/h9-10,13H,5-8H2,1-4H3,(H,22,24). The molecule has 0 bridgehead atoms. The second-order valence-electron chi connectivity index (χ2n) is 6.17. The van der Waals surface area contributed by atoms with Gasteiger partial charge in [0.05, 0.1) is 29.4 Å². The molecule has 0 aliphatic heterocycles. The first-order chi connectivity index (χ1) is 13.8. The van der Waals surface area contributed by atoms with Crippen LogP contribution < -0.4 is 5.32 Å². The first-order valence-corrected chi connectivity index (χ1v) is 10.9. The average molecular weight is 486 g/mol. The number of amides is 1. The molecule has 2 rings (SSSR count). The van der Waals surface area contributed by atoms with Crippen LogP contribution in [-0.2, 0) is 14.3 Å². The van der Waals surface area contributed by atoms with E-state index in [4.69, 9.17) is 9.47 Å². The molecule has 2 aromatic rings. The molecule has 2 heterocycles. The van der Waals surface area contributed by atoms with Crippen LogP contribution in [0, 0.1) is 6.92 Å². The normalized spacial score (nSPS) is 11.8. The van der Waals surface area contributed by atoms with Crippen LogP contribution in [0.5, 0.6) is 0 Å². The van der Waals surface area contributed by atoms with Crippen molar-refractivity contribution in [2.75, 3.05) is 18.5 Å². The van der Waals surface area contributed by atoms with Crippen LogP contribution in [0.4, 0.5) is 5.00 Å². The van der Waals surface area contributed by atoms with Crippen LogP contribution in [0.3, 0.4) is 0 Å². The van der Waals surface area contributed by atoms with Crippen molar-refractivity contribution in [3.05, 3.63) is 32.9 Å². The third kappa shape index (κ3) is 5.45. The van der Waals surface area contributed by atoms with Gasteiger partial charge in [-0.3, -0.25) is 9.48 Å². The molecule has 1 unspecified atom stereocenters. The second-order valence-corrected chi connectivity index (χ2v) is 8.10. The Morgan fingerprint density at radius 3 is 2.52 bits per heavy atom. The molecule has 158 valence electrons. The van der Waals surface area contributed by atoms with Crippen molar-refractivity contribution in [3.8, 4) is 0 Å². The van der Waals surface area contributed by atoms with Gasteiger partial charge in [-0.15, -0.1) is 11.3 Å². The van der Waals surface area contributed by atoms with Crippen LogP contribution in [0.25, 0.3) is 0 Å². The molecule has 0 aliphatic rings. The Balaban J connectivity index is 2.38. The van der Waals surface area contributed by atoms with E-state index in [9.17, 15) is 14.4 Å². The van der Waals surface area contributed by atoms with E-state index in [1.165, 1.54) is 0 Å². The number of aromatic nitrogens is 2. The lowest BCUT2D eigenvalue weighted by molar-refractivity contribution is -0.119. The Kier molecular flexibility index (Phi) is 8.39. The fraction of sp³-hybridized carbons (Fsp3) is 0.474. The zero-order valence-electron chi connectivity index (χ0n) is 16.8. The van der Waals surface area contributed by atoms with E-state index in [0.717, 1.165) is 15.8 Å². The van der Waals surface area contributed by atoms with Crippen LogP contribution >= 0.6 is 27.3 Å². The van der Waals surface area contributed by atoms with Gasteiger partial charge in [-0.1, -0.05) is 13.8 Å². The number of carbonyl (C=O) groups excluding carboxylic acids is 3. The SMILES string of the molecule is CCCOC(=O)c1c(NC(=O)C(CC)n2cc(Br)cn2)sc(C(=O)OCC)c1C. The molecule has 8 nitrogen and oxygen atoms in total. The van der Waals surface area contributed by atoms with E-state index in [0.29, 0.717) is 18.4 Å². The summed E-state index contributed by atoms with van der Waals surface area (Å²) in [7, 11) is 0. The van der Waals surface area contributed by atoms with Crippen molar-refractivity contribution in [1.82, 2.24) is 9.78 Å². The van der Waals surface area contributed by atoms with Gasteiger partial charge in [0.25, 0.3) is 0 Å². The summed E-state index contributed by atoms with van der Waals surface area (Å²) in [4.78, 5) is 38.0. The lowest BCUT2D eigenvalue weighted by Crippen LogP contribution is -2.26. The summed E-state index contributed by atoms with van der Waals surface area (Å²) in [6, 6.07) is -0.575. The summed E-state index contributed by atoms with van der Waals surface area (Å²) < 4.78 is 12.6. The van der Waals surface area contributed by atoms with Crippen molar-refractivity contribution in [1.29, 1.82) is 0 Å².